The Morgan fingerprint density at radius 1 is 1.41 bits per heavy atom. The van der Waals surface area contributed by atoms with Crippen molar-refractivity contribution in [2.24, 2.45) is 5.92 Å². The lowest BCUT2D eigenvalue weighted by atomic mass is 10.0. The van der Waals surface area contributed by atoms with Crippen LogP contribution in [0.2, 0.25) is 0 Å². The van der Waals surface area contributed by atoms with Gasteiger partial charge in [-0.25, -0.2) is 0 Å². The van der Waals surface area contributed by atoms with Gasteiger partial charge in [-0.2, -0.15) is 0 Å². The normalized spacial score (nSPS) is 20.9. The van der Waals surface area contributed by atoms with E-state index < -0.39 is 0 Å². The van der Waals surface area contributed by atoms with E-state index in [0.717, 1.165) is 18.2 Å². The smallest absolute Gasteiger partial charge is 0.0343 e. The zero-order valence-corrected chi connectivity index (χ0v) is 11.1. The zero-order valence-electron chi connectivity index (χ0n) is 11.1. The number of hydrogen-bond donors (Lipinski definition) is 1. The van der Waals surface area contributed by atoms with Gasteiger partial charge in [0, 0.05) is 18.8 Å². The Bertz CT molecular complexity index is 373. The Kier molecular flexibility index (Phi) is 4.06. The molecule has 2 nitrogen and oxygen atoms in total. The molecular formula is C15H24N2. The van der Waals surface area contributed by atoms with Crippen LogP contribution in [0.1, 0.15) is 37.3 Å². The molecule has 1 saturated heterocycles. The van der Waals surface area contributed by atoms with Crippen LogP contribution >= 0.6 is 0 Å². The van der Waals surface area contributed by atoms with Crippen molar-refractivity contribution < 1.29 is 0 Å². The van der Waals surface area contributed by atoms with Crippen LogP contribution in [-0.2, 0) is 6.54 Å². The fourth-order valence-electron chi connectivity index (χ4n) is 2.79. The third-order valence-electron chi connectivity index (χ3n) is 3.81. The number of rotatable bonds is 4. The Hall–Kier alpha value is -1.02. The van der Waals surface area contributed by atoms with Gasteiger partial charge in [0.2, 0.25) is 0 Å². The highest BCUT2D eigenvalue weighted by Crippen LogP contribution is 2.23. The highest BCUT2D eigenvalue weighted by Gasteiger charge is 2.21. The summed E-state index contributed by atoms with van der Waals surface area (Å²) in [7, 11) is 0. The fourth-order valence-corrected chi connectivity index (χ4v) is 2.79. The molecule has 0 saturated carbocycles. The van der Waals surface area contributed by atoms with Crippen LogP contribution in [0.15, 0.2) is 18.2 Å². The summed E-state index contributed by atoms with van der Waals surface area (Å²) in [6.07, 6.45) is 4.08. The predicted molar refractivity (Wildman–Crippen MR) is 73.9 cm³/mol. The molecule has 0 aliphatic carbocycles. The zero-order chi connectivity index (χ0) is 12.3. The van der Waals surface area contributed by atoms with Crippen LogP contribution in [0.25, 0.3) is 0 Å². The van der Waals surface area contributed by atoms with Gasteiger partial charge < -0.3 is 5.73 Å². The first-order valence-corrected chi connectivity index (χ1v) is 6.76. The minimum atomic E-state index is 0.902. The number of nitrogens with two attached hydrogens (primary N) is 1. The van der Waals surface area contributed by atoms with Gasteiger partial charge >= 0.3 is 0 Å². The van der Waals surface area contributed by atoms with Gasteiger partial charge in [0.1, 0.15) is 0 Å². The highest BCUT2D eigenvalue weighted by atomic mass is 15.1. The standard InChI is InChI=1S/C15H24N2/c1-3-4-13-7-8-17(10-13)11-14-5-6-15(16)12(2)9-14/h5-6,9,13H,3-4,7-8,10-11,16H2,1-2H3. The Labute approximate surface area is 105 Å². The maximum atomic E-state index is 5.84. The topological polar surface area (TPSA) is 29.3 Å². The largest absolute Gasteiger partial charge is 0.399 e. The molecule has 17 heavy (non-hydrogen) atoms. The van der Waals surface area contributed by atoms with E-state index in [4.69, 9.17) is 5.73 Å². The molecule has 2 heteroatoms. The number of aryl methyl sites for hydroxylation is 1. The number of likely N-dealkylation sites (tertiary alicyclic amines) is 1. The average molecular weight is 232 g/mol. The minimum absolute atomic E-state index is 0.902. The molecular weight excluding hydrogens is 208 g/mol. The second-order valence-corrected chi connectivity index (χ2v) is 5.37. The third kappa shape index (κ3) is 3.22. The van der Waals surface area contributed by atoms with E-state index in [1.807, 2.05) is 6.07 Å². The Morgan fingerprint density at radius 2 is 2.24 bits per heavy atom. The Balaban J connectivity index is 1.91. The van der Waals surface area contributed by atoms with Crippen molar-refractivity contribution in [2.75, 3.05) is 18.8 Å². The van der Waals surface area contributed by atoms with Crippen molar-refractivity contribution in [3.05, 3.63) is 29.3 Å². The van der Waals surface area contributed by atoms with Crippen molar-refractivity contribution in [2.45, 2.75) is 39.7 Å². The lowest BCUT2D eigenvalue weighted by Crippen LogP contribution is -2.20. The second kappa shape index (κ2) is 5.54. The lowest BCUT2D eigenvalue weighted by molar-refractivity contribution is 0.313. The van der Waals surface area contributed by atoms with E-state index in [-0.39, 0.29) is 0 Å². The molecule has 94 valence electrons. The molecule has 1 aromatic rings. The maximum Gasteiger partial charge on any atom is 0.0343 e. The van der Waals surface area contributed by atoms with Crippen molar-refractivity contribution >= 4 is 5.69 Å². The fraction of sp³-hybridized carbons (Fsp3) is 0.600. The number of hydrogen-bond acceptors (Lipinski definition) is 2. The van der Waals surface area contributed by atoms with E-state index in [9.17, 15) is 0 Å². The van der Waals surface area contributed by atoms with Crippen molar-refractivity contribution in [1.29, 1.82) is 0 Å². The summed E-state index contributed by atoms with van der Waals surface area (Å²) < 4.78 is 0. The molecule has 2 rings (SSSR count). The van der Waals surface area contributed by atoms with Crippen LogP contribution in [0.4, 0.5) is 5.69 Å². The maximum absolute atomic E-state index is 5.84. The van der Waals surface area contributed by atoms with Crippen molar-refractivity contribution in [3.63, 3.8) is 0 Å². The first-order chi connectivity index (χ1) is 8.19. The summed E-state index contributed by atoms with van der Waals surface area (Å²) in [4.78, 5) is 2.57. The highest BCUT2D eigenvalue weighted by molar-refractivity contribution is 5.47. The second-order valence-electron chi connectivity index (χ2n) is 5.37. The number of anilines is 1. The first-order valence-electron chi connectivity index (χ1n) is 6.76. The van der Waals surface area contributed by atoms with Gasteiger partial charge in [-0.1, -0.05) is 25.5 Å². The molecule has 1 atom stereocenters. The van der Waals surface area contributed by atoms with E-state index in [1.165, 1.54) is 43.5 Å². The summed E-state index contributed by atoms with van der Waals surface area (Å²) in [6.45, 7) is 7.99. The molecule has 1 unspecified atom stereocenters. The first kappa shape index (κ1) is 12.4. The van der Waals surface area contributed by atoms with Crippen LogP contribution in [0.3, 0.4) is 0 Å². The number of nitrogens with zero attached hydrogens (tertiary/aromatic N) is 1. The molecule has 1 fully saturated rings. The van der Waals surface area contributed by atoms with Crippen LogP contribution in [0, 0.1) is 12.8 Å². The quantitative estimate of drug-likeness (QED) is 0.808. The van der Waals surface area contributed by atoms with E-state index in [0.29, 0.717) is 0 Å². The third-order valence-corrected chi connectivity index (χ3v) is 3.81. The molecule has 0 aromatic heterocycles. The monoisotopic (exact) mass is 232 g/mol. The van der Waals surface area contributed by atoms with Crippen LogP contribution in [0.5, 0.6) is 0 Å². The van der Waals surface area contributed by atoms with Gasteiger partial charge in [-0.3, -0.25) is 4.90 Å². The molecule has 2 N–H and O–H groups in total. The lowest BCUT2D eigenvalue weighted by Gasteiger charge is -2.16. The van der Waals surface area contributed by atoms with Gasteiger partial charge in [-0.05, 0) is 49.4 Å². The average Bonchev–Trinajstić information content (AvgIpc) is 2.72. The summed E-state index contributed by atoms with van der Waals surface area (Å²) in [5.41, 5.74) is 9.34. The summed E-state index contributed by atoms with van der Waals surface area (Å²) in [5.74, 6) is 0.926. The van der Waals surface area contributed by atoms with Crippen molar-refractivity contribution in [3.8, 4) is 0 Å². The summed E-state index contributed by atoms with van der Waals surface area (Å²) in [6, 6.07) is 6.42. The molecule has 0 radical (unpaired) electrons. The van der Waals surface area contributed by atoms with E-state index >= 15 is 0 Å². The van der Waals surface area contributed by atoms with Gasteiger partial charge in [0.15, 0.2) is 0 Å². The van der Waals surface area contributed by atoms with Crippen molar-refractivity contribution in [1.82, 2.24) is 4.90 Å². The van der Waals surface area contributed by atoms with Gasteiger partial charge in [-0.15, -0.1) is 0 Å². The molecule has 1 aliphatic rings. The van der Waals surface area contributed by atoms with Crippen LogP contribution < -0.4 is 5.73 Å². The number of nitrogen functional groups attached to an aromatic ring is 1. The molecule has 1 aliphatic heterocycles. The molecule has 1 heterocycles. The SMILES string of the molecule is CCCC1CCN(Cc2ccc(N)c(C)c2)C1. The molecule has 1 aromatic carbocycles. The van der Waals surface area contributed by atoms with E-state index in [2.05, 4.69) is 30.9 Å². The van der Waals surface area contributed by atoms with Gasteiger partial charge in [0.05, 0.1) is 0 Å². The molecule has 0 bridgehead atoms. The van der Waals surface area contributed by atoms with E-state index in [1.54, 1.807) is 0 Å². The Morgan fingerprint density at radius 3 is 2.94 bits per heavy atom. The number of benzene rings is 1. The summed E-state index contributed by atoms with van der Waals surface area (Å²) >= 11 is 0. The summed E-state index contributed by atoms with van der Waals surface area (Å²) in [5, 5.41) is 0. The van der Waals surface area contributed by atoms with Crippen LogP contribution in [-0.4, -0.2) is 18.0 Å². The molecule has 0 amide bonds. The van der Waals surface area contributed by atoms with Gasteiger partial charge in [0.25, 0.3) is 0 Å². The molecule has 0 spiro atoms. The minimum Gasteiger partial charge on any atom is -0.399 e. The predicted octanol–water partition coefficient (Wildman–Crippen LogP) is 3.20.